The van der Waals surface area contributed by atoms with Crippen LogP contribution in [0.15, 0.2) is 23.1 Å². The first-order valence-electron chi connectivity index (χ1n) is 4.87. The molecule has 0 radical (unpaired) electrons. The molecule has 16 heavy (non-hydrogen) atoms. The van der Waals surface area contributed by atoms with Crippen LogP contribution in [0, 0.1) is 6.92 Å². The van der Waals surface area contributed by atoms with Gasteiger partial charge in [0.2, 0.25) is 5.91 Å². The van der Waals surface area contributed by atoms with Crippen LogP contribution in [0.5, 0.6) is 0 Å². The van der Waals surface area contributed by atoms with Gasteiger partial charge in [-0.3, -0.25) is 9.00 Å². The van der Waals surface area contributed by atoms with Crippen molar-refractivity contribution in [2.75, 3.05) is 25.6 Å². The van der Waals surface area contributed by atoms with Crippen LogP contribution in [0.4, 0.5) is 5.69 Å². The fourth-order valence-electron chi connectivity index (χ4n) is 1.17. The molecule has 5 heteroatoms. The Morgan fingerprint density at radius 1 is 1.44 bits per heavy atom. The molecule has 0 aromatic heterocycles. The summed E-state index contributed by atoms with van der Waals surface area (Å²) >= 11 is 0. The second-order valence-corrected chi connectivity index (χ2v) is 5.18. The molecule has 0 aliphatic rings. The highest BCUT2D eigenvalue weighted by Gasteiger charge is 2.14. The summed E-state index contributed by atoms with van der Waals surface area (Å²) in [6.45, 7) is 1.85. The van der Waals surface area contributed by atoms with Crippen LogP contribution in [0.25, 0.3) is 0 Å². The van der Waals surface area contributed by atoms with E-state index in [0.29, 0.717) is 10.6 Å². The van der Waals surface area contributed by atoms with Crippen molar-refractivity contribution in [3.05, 3.63) is 23.8 Å². The molecule has 2 N–H and O–H groups in total. The Kier molecular flexibility index (Phi) is 4.06. The van der Waals surface area contributed by atoms with E-state index in [-0.39, 0.29) is 11.7 Å². The van der Waals surface area contributed by atoms with Gasteiger partial charge < -0.3 is 10.6 Å². The van der Waals surface area contributed by atoms with Gasteiger partial charge in [0, 0.05) is 14.1 Å². The highest BCUT2D eigenvalue weighted by Crippen LogP contribution is 2.20. The number of aryl methyl sites for hydroxylation is 1. The molecule has 1 aromatic rings. The predicted octanol–water partition coefficient (Wildman–Crippen LogP) is 0.773. The summed E-state index contributed by atoms with van der Waals surface area (Å²) in [5.41, 5.74) is 7.20. The lowest BCUT2D eigenvalue weighted by atomic mass is 10.2. The largest absolute Gasteiger partial charge is 0.398 e. The van der Waals surface area contributed by atoms with E-state index in [1.165, 1.54) is 4.90 Å². The Morgan fingerprint density at radius 3 is 2.62 bits per heavy atom. The number of rotatable bonds is 3. The third kappa shape index (κ3) is 2.82. The summed E-state index contributed by atoms with van der Waals surface area (Å²) in [5.74, 6) is -0.195. The maximum absolute atomic E-state index is 11.9. The number of nitrogens with two attached hydrogens (primary N) is 1. The Labute approximate surface area is 97.9 Å². The van der Waals surface area contributed by atoms with Crippen molar-refractivity contribution < 1.29 is 9.00 Å². The van der Waals surface area contributed by atoms with E-state index in [4.69, 9.17) is 5.73 Å². The number of nitrogen functional groups attached to an aromatic ring is 1. The Morgan fingerprint density at radius 2 is 2.06 bits per heavy atom. The number of amides is 1. The molecule has 0 saturated heterocycles. The summed E-state index contributed by atoms with van der Waals surface area (Å²) in [4.78, 5) is 13.4. The lowest BCUT2D eigenvalue weighted by Gasteiger charge is -2.11. The number of nitrogens with zero attached hydrogens (tertiary/aromatic N) is 1. The molecule has 1 amide bonds. The number of para-hydroxylation sites is 1. The van der Waals surface area contributed by atoms with Crippen LogP contribution >= 0.6 is 0 Å². The molecule has 4 nitrogen and oxygen atoms in total. The van der Waals surface area contributed by atoms with Crippen LogP contribution in [-0.4, -0.2) is 34.9 Å². The van der Waals surface area contributed by atoms with Gasteiger partial charge in [-0.2, -0.15) is 0 Å². The normalized spacial score (nSPS) is 12.2. The Balaban J connectivity index is 2.89. The lowest BCUT2D eigenvalue weighted by molar-refractivity contribution is -0.125. The molecule has 0 aliphatic heterocycles. The van der Waals surface area contributed by atoms with Crippen LogP contribution in [0.3, 0.4) is 0 Å². The molecular weight excluding hydrogens is 224 g/mol. The number of carbonyl (C=O) groups is 1. The average molecular weight is 240 g/mol. The van der Waals surface area contributed by atoms with Crippen LogP contribution in [-0.2, 0) is 15.6 Å². The van der Waals surface area contributed by atoms with Crippen molar-refractivity contribution in [1.82, 2.24) is 4.90 Å². The molecule has 1 atom stereocenters. The fourth-order valence-corrected chi connectivity index (χ4v) is 2.45. The first-order chi connectivity index (χ1) is 7.43. The van der Waals surface area contributed by atoms with Gasteiger partial charge in [-0.25, -0.2) is 0 Å². The fraction of sp³-hybridized carbons (Fsp3) is 0.364. The molecule has 0 saturated carbocycles. The minimum absolute atomic E-state index is 0.0271. The minimum Gasteiger partial charge on any atom is -0.398 e. The smallest absolute Gasteiger partial charge is 0.235 e. The molecular formula is C11H16N2O2S. The van der Waals surface area contributed by atoms with Crippen molar-refractivity contribution >= 4 is 22.4 Å². The molecule has 0 aliphatic carbocycles. The monoisotopic (exact) mass is 240 g/mol. The molecule has 88 valence electrons. The first-order valence-corrected chi connectivity index (χ1v) is 6.19. The zero-order valence-corrected chi connectivity index (χ0v) is 10.5. The van der Waals surface area contributed by atoms with Gasteiger partial charge in [0.25, 0.3) is 0 Å². The van der Waals surface area contributed by atoms with Gasteiger partial charge in [-0.1, -0.05) is 12.1 Å². The highest BCUT2D eigenvalue weighted by molar-refractivity contribution is 7.86. The summed E-state index contributed by atoms with van der Waals surface area (Å²) < 4.78 is 11.9. The highest BCUT2D eigenvalue weighted by atomic mass is 32.2. The molecule has 0 bridgehead atoms. The lowest BCUT2D eigenvalue weighted by Crippen LogP contribution is -2.27. The Hall–Kier alpha value is -1.36. The van der Waals surface area contributed by atoms with Gasteiger partial charge in [-0.15, -0.1) is 0 Å². The van der Waals surface area contributed by atoms with E-state index < -0.39 is 10.8 Å². The number of hydrogen-bond acceptors (Lipinski definition) is 3. The first kappa shape index (κ1) is 12.7. The maximum atomic E-state index is 11.9. The van der Waals surface area contributed by atoms with Crippen molar-refractivity contribution in [1.29, 1.82) is 0 Å². The van der Waals surface area contributed by atoms with Crippen molar-refractivity contribution in [3.63, 3.8) is 0 Å². The molecule has 0 fully saturated rings. The summed E-state index contributed by atoms with van der Waals surface area (Å²) in [6, 6.07) is 5.34. The number of carbonyl (C=O) groups excluding carboxylic acids is 1. The minimum atomic E-state index is -1.37. The van der Waals surface area contributed by atoms with E-state index in [0.717, 1.165) is 5.56 Å². The number of anilines is 1. The summed E-state index contributed by atoms with van der Waals surface area (Å²) in [5, 5.41) is 0. The standard InChI is InChI=1S/C11H16N2O2S/c1-8-5-4-6-9(11(8)12)16(15)7-10(14)13(2)3/h4-6H,7,12H2,1-3H3. The van der Waals surface area contributed by atoms with E-state index >= 15 is 0 Å². The van der Waals surface area contributed by atoms with Gasteiger partial charge in [0.15, 0.2) is 0 Å². The molecule has 1 rings (SSSR count). The molecule has 0 spiro atoms. The topological polar surface area (TPSA) is 63.4 Å². The maximum Gasteiger partial charge on any atom is 0.235 e. The zero-order valence-electron chi connectivity index (χ0n) is 9.69. The van der Waals surface area contributed by atoms with Gasteiger partial charge in [0.1, 0.15) is 5.75 Å². The number of benzene rings is 1. The van der Waals surface area contributed by atoms with E-state index in [9.17, 15) is 9.00 Å². The quantitative estimate of drug-likeness (QED) is 0.794. The Bertz CT molecular complexity index is 430. The SMILES string of the molecule is Cc1cccc(S(=O)CC(=O)N(C)C)c1N. The third-order valence-corrected chi connectivity index (χ3v) is 3.64. The van der Waals surface area contributed by atoms with Crippen molar-refractivity contribution in [3.8, 4) is 0 Å². The molecule has 1 aromatic carbocycles. The number of hydrogen-bond donors (Lipinski definition) is 1. The van der Waals surface area contributed by atoms with E-state index in [1.807, 2.05) is 13.0 Å². The van der Waals surface area contributed by atoms with Crippen molar-refractivity contribution in [2.24, 2.45) is 0 Å². The van der Waals surface area contributed by atoms with Gasteiger partial charge in [-0.05, 0) is 18.6 Å². The van der Waals surface area contributed by atoms with Crippen LogP contribution in [0.1, 0.15) is 5.56 Å². The summed E-state index contributed by atoms with van der Waals surface area (Å²) in [7, 11) is 1.90. The third-order valence-electron chi connectivity index (χ3n) is 2.28. The predicted molar refractivity (Wildman–Crippen MR) is 65.6 cm³/mol. The van der Waals surface area contributed by atoms with Crippen LogP contribution < -0.4 is 5.73 Å². The molecule has 0 heterocycles. The van der Waals surface area contributed by atoms with Gasteiger partial charge in [0.05, 0.1) is 21.4 Å². The van der Waals surface area contributed by atoms with E-state index in [2.05, 4.69) is 0 Å². The second kappa shape index (κ2) is 5.12. The second-order valence-electron chi connectivity index (χ2n) is 3.76. The van der Waals surface area contributed by atoms with Crippen LogP contribution in [0.2, 0.25) is 0 Å². The van der Waals surface area contributed by atoms with Crippen molar-refractivity contribution in [2.45, 2.75) is 11.8 Å². The average Bonchev–Trinajstić information content (AvgIpc) is 2.21. The van der Waals surface area contributed by atoms with E-state index in [1.54, 1.807) is 26.2 Å². The zero-order chi connectivity index (χ0) is 12.3. The van der Waals surface area contributed by atoms with Gasteiger partial charge >= 0.3 is 0 Å². The summed E-state index contributed by atoms with van der Waals surface area (Å²) in [6.07, 6.45) is 0. The molecule has 1 unspecified atom stereocenters.